The highest BCUT2D eigenvalue weighted by Crippen LogP contribution is 2.24. The summed E-state index contributed by atoms with van der Waals surface area (Å²) >= 11 is 11.3. The highest BCUT2D eigenvalue weighted by Gasteiger charge is 2.14. The van der Waals surface area contributed by atoms with Crippen molar-refractivity contribution in [2.45, 2.75) is 17.4 Å². The summed E-state index contributed by atoms with van der Waals surface area (Å²) in [4.78, 5) is 1.19. The fourth-order valence-electron chi connectivity index (χ4n) is 1.95. The fourth-order valence-corrected chi connectivity index (χ4v) is 3.46. The van der Waals surface area contributed by atoms with E-state index in [0.29, 0.717) is 17.0 Å². The zero-order valence-corrected chi connectivity index (χ0v) is 14.7. The second kappa shape index (κ2) is 8.18. The molecule has 1 nitrogen and oxygen atoms in total. The Hall–Kier alpha value is -0.550. The fraction of sp³-hybridized carbons (Fsp3) is 0.250. The van der Waals surface area contributed by atoms with Crippen LogP contribution in [0.15, 0.2) is 51.8 Å². The van der Waals surface area contributed by atoms with Gasteiger partial charge in [-0.3, -0.25) is 0 Å². The van der Waals surface area contributed by atoms with Gasteiger partial charge >= 0.3 is 0 Å². The lowest BCUT2D eigenvalue weighted by molar-refractivity contribution is 0.568. The van der Waals surface area contributed by atoms with Crippen LogP contribution < -0.4 is 5.32 Å². The van der Waals surface area contributed by atoms with Crippen LogP contribution in [0.1, 0.15) is 5.56 Å². The van der Waals surface area contributed by atoms with Gasteiger partial charge in [-0.2, -0.15) is 0 Å². The first-order chi connectivity index (χ1) is 10.1. The van der Waals surface area contributed by atoms with E-state index in [1.807, 2.05) is 19.2 Å². The normalized spacial score (nSPS) is 12.4. The summed E-state index contributed by atoms with van der Waals surface area (Å²) in [5.74, 6) is 0.611. The van der Waals surface area contributed by atoms with Crippen LogP contribution in [0, 0.1) is 5.82 Å². The zero-order chi connectivity index (χ0) is 15.2. The molecule has 0 bridgehead atoms. The Balaban J connectivity index is 1.98. The summed E-state index contributed by atoms with van der Waals surface area (Å²) in [6.45, 7) is 0. The van der Waals surface area contributed by atoms with Gasteiger partial charge < -0.3 is 5.32 Å². The molecule has 21 heavy (non-hydrogen) atoms. The Morgan fingerprint density at radius 1 is 1.24 bits per heavy atom. The smallest absolute Gasteiger partial charge is 0.127 e. The minimum absolute atomic E-state index is 0.160. The van der Waals surface area contributed by atoms with Crippen LogP contribution in [0.2, 0.25) is 5.02 Å². The van der Waals surface area contributed by atoms with Crippen molar-refractivity contribution in [3.63, 3.8) is 0 Å². The third kappa shape index (κ3) is 4.99. The number of benzene rings is 2. The van der Waals surface area contributed by atoms with Crippen LogP contribution in [-0.4, -0.2) is 18.8 Å². The Morgan fingerprint density at radius 3 is 2.57 bits per heavy atom. The molecule has 1 atom stereocenters. The zero-order valence-electron chi connectivity index (χ0n) is 11.6. The highest BCUT2D eigenvalue weighted by atomic mass is 79.9. The molecule has 0 saturated carbocycles. The number of hydrogen-bond donors (Lipinski definition) is 1. The quantitative estimate of drug-likeness (QED) is 0.686. The summed E-state index contributed by atoms with van der Waals surface area (Å²) in [5.41, 5.74) is 0.579. The van der Waals surface area contributed by atoms with Crippen molar-refractivity contribution in [3.8, 4) is 0 Å². The number of likely N-dealkylation sites (N-methyl/N-ethyl adjacent to an activating group) is 1. The minimum Gasteiger partial charge on any atom is -0.316 e. The van der Waals surface area contributed by atoms with Gasteiger partial charge in [0.05, 0.1) is 0 Å². The Bertz CT molecular complexity index is 571. The minimum atomic E-state index is -0.239. The third-order valence-corrected chi connectivity index (χ3v) is 5.24. The van der Waals surface area contributed by atoms with E-state index < -0.39 is 0 Å². The van der Waals surface area contributed by atoms with E-state index in [4.69, 9.17) is 11.6 Å². The molecule has 2 aromatic rings. The molecular formula is C16H16BrClFNS. The standard InChI is InChI=1S/C16H16BrClFNS/c1-20-12(9-14-15(18)3-2-4-16(14)19)10-21-13-7-5-11(17)6-8-13/h2-8,12,20H,9-10H2,1H3. The molecular weight excluding hydrogens is 373 g/mol. The monoisotopic (exact) mass is 387 g/mol. The lowest BCUT2D eigenvalue weighted by Crippen LogP contribution is -2.30. The molecule has 1 N–H and O–H groups in total. The van der Waals surface area contributed by atoms with Crippen LogP contribution in [0.4, 0.5) is 4.39 Å². The van der Waals surface area contributed by atoms with Gasteiger partial charge in [0.1, 0.15) is 5.82 Å². The van der Waals surface area contributed by atoms with Gasteiger partial charge in [0, 0.05) is 31.7 Å². The average molecular weight is 389 g/mol. The van der Waals surface area contributed by atoms with E-state index >= 15 is 0 Å². The number of rotatable bonds is 6. The van der Waals surface area contributed by atoms with E-state index in [9.17, 15) is 4.39 Å². The van der Waals surface area contributed by atoms with Crippen molar-refractivity contribution in [2.75, 3.05) is 12.8 Å². The van der Waals surface area contributed by atoms with E-state index in [1.165, 1.54) is 11.0 Å². The molecule has 0 aliphatic rings. The molecule has 0 amide bonds. The summed E-state index contributed by atoms with van der Waals surface area (Å²) in [6.07, 6.45) is 0.575. The van der Waals surface area contributed by atoms with Crippen molar-refractivity contribution < 1.29 is 4.39 Å². The van der Waals surface area contributed by atoms with E-state index in [2.05, 4.69) is 33.4 Å². The largest absolute Gasteiger partial charge is 0.316 e. The van der Waals surface area contributed by atoms with Crippen molar-refractivity contribution in [1.82, 2.24) is 5.32 Å². The Morgan fingerprint density at radius 2 is 1.95 bits per heavy atom. The summed E-state index contributed by atoms with van der Waals surface area (Å²) in [7, 11) is 1.89. The third-order valence-electron chi connectivity index (χ3n) is 3.19. The van der Waals surface area contributed by atoms with E-state index in [-0.39, 0.29) is 11.9 Å². The first kappa shape index (κ1) is 16.8. The van der Waals surface area contributed by atoms with Crippen LogP contribution in [0.3, 0.4) is 0 Å². The van der Waals surface area contributed by atoms with Gasteiger partial charge in [-0.25, -0.2) is 4.39 Å². The molecule has 0 spiro atoms. The van der Waals surface area contributed by atoms with E-state index in [1.54, 1.807) is 23.9 Å². The molecule has 2 rings (SSSR count). The second-order valence-electron chi connectivity index (χ2n) is 4.65. The summed E-state index contributed by atoms with van der Waals surface area (Å²) in [5, 5.41) is 3.72. The average Bonchev–Trinajstić information content (AvgIpc) is 2.48. The van der Waals surface area contributed by atoms with Crippen molar-refractivity contribution in [3.05, 3.63) is 63.3 Å². The number of thioether (sulfide) groups is 1. The van der Waals surface area contributed by atoms with Crippen LogP contribution in [0.5, 0.6) is 0 Å². The van der Waals surface area contributed by atoms with Gasteiger partial charge in [0.25, 0.3) is 0 Å². The van der Waals surface area contributed by atoms with Gasteiger partial charge in [0.2, 0.25) is 0 Å². The second-order valence-corrected chi connectivity index (χ2v) is 7.07. The molecule has 0 saturated heterocycles. The van der Waals surface area contributed by atoms with Gasteiger partial charge in [0.15, 0.2) is 0 Å². The van der Waals surface area contributed by atoms with Crippen LogP contribution >= 0.6 is 39.3 Å². The van der Waals surface area contributed by atoms with Crippen LogP contribution in [-0.2, 0) is 6.42 Å². The number of hydrogen-bond acceptors (Lipinski definition) is 2. The van der Waals surface area contributed by atoms with Gasteiger partial charge in [-0.15, -0.1) is 11.8 Å². The molecule has 0 radical (unpaired) electrons. The molecule has 0 aliphatic carbocycles. The van der Waals surface area contributed by atoms with E-state index in [0.717, 1.165) is 10.2 Å². The summed E-state index contributed by atoms with van der Waals surface area (Å²) < 4.78 is 14.9. The van der Waals surface area contributed by atoms with Gasteiger partial charge in [-0.05, 0) is 49.9 Å². The lowest BCUT2D eigenvalue weighted by Gasteiger charge is -2.17. The molecule has 0 aromatic heterocycles. The molecule has 1 unspecified atom stereocenters. The van der Waals surface area contributed by atoms with Crippen molar-refractivity contribution in [2.24, 2.45) is 0 Å². The number of halogens is 3. The molecule has 0 aliphatic heterocycles. The predicted octanol–water partition coefficient (Wildman–Crippen LogP) is 5.16. The number of nitrogens with one attached hydrogen (secondary N) is 1. The van der Waals surface area contributed by atoms with Crippen LogP contribution in [0.25, 0.3) is 0 Å². The molecule has 112 valence electrons. The first-order valence-electron chi connectivity index (χ1n) is 6.58. The maximum atomic E-state index is 13.8. The molecule has 0 heterocycles. The topological polar surface area (TPSA) is 12.0 Å². The summed E-state index contributed by atoms with van der Waals surface area (Å²) in [6, 6.07) is 13.1. The SMILES string of the molecule is CNC(CSc1ccc(Br)cc1)Cc1c(F)cccc1Cl. The first-order valence-corrected chi connectivity index (χ1v) is 8.74. The molecule has 5 heteroatoms. The van der Waals surface area contributed by atoms with Crippen molar-refractivity contribution in [1.29, 1.82) is 0 Å². The Labute approximate surface area is 142 Å². The van der Waals surface area contributed by atoms with Gasteiger partial charge in [-0.1, -0.05) is 33.6 Å². The predicted molar refractivity (Wildman–Crippen MR) is 92.8 cm³/mol. The molecule has 2 aromatic carbocycles. The molecule has 0 fully saturated rings. The lowest BCUT2D eigenvalue weighted by atomic mass is 10.1. The van der Waals surface area contributed by atoms with Crippen molar-refractivity contribution >= 4 is 39.3 Å². The Kier molecular flexibility index (Phi) is 6.55. The highest BCUT2D eigenvalue weighted by molar-refractivity contribution is 9.10. The maximum Gasteiger partial charge on any atom is 0.127 e. The maximum absolute atomic E-state index is 13.8.